The smallest absolute Gasteiger partial charge is 0.175 e. The molecular weight excluding hydrogens is 437 g/mol. The van der Waals surface area contributed by atoms with E-state index in [0.717, 1.165) is 16.6 Å². The van der Waals surface area contributed by atoms with Crippen LogP contribution in [0.15, 0.2) is 34.8 Å². The third-order valence-electron chi connectivity index (χ3n) is 4.61. The highest BCUT2D eigenvalue weighted by Crippen LogP contribution is 2.37. The molecule has 0 aromatic heterocycles. The second-order valence-electron chi connectivity index (χ2n) is 6.51. The summed E-state index contributed by atoms with van der Waals surface area (Å²) in [4.78, 5) is 0. The third kappa shape index (κ3) is 5.07. The van der Waals surface area contributed by atoms with Gasteiger partial charge in [0.05, 0.1) is 21.6 Å². The normalized spacial score (nSPS) is 14.6. The van der Waals surface area contributed by atoms with Crippen LogP contribution >= 0.6 is 39.1 Å². The molecule has 0 saturated heterocycles. The van der Waals surface area contributed by atoms with Gasteiger partial charge in [-0.05, 0) is 64.2 Å². The zero-order chi connectivity index (χ0) is 18.5. The number of benzene rings is 2. The first-order chi connectivity index (χ1) is 12.6. The lowest BCUT2D eigenvalue weighted by molar-refractivity contribution is 0.282. The standard InChI is InChI=1S/C20H22BrCl2NO2/c1-25-19-10-14(11-24-15-4-2-3-5-15)8-16(21)20(19)26-12-13-6-7-17(22)18(23)9-13/h6-10,15,24H,2-5,11-12H2,1H3. The van der Waals surface area contributed by atoms with Gasteiger partial charge in [0, 0.05) is 12.6 Å². The molecule has 0 unspecified atom stereocenters. The predicted octanol–water partition coefficient (Wildman–Crippen LogP) is 6.38. The number of halogens is 3. The van der Waals surface area contributed by atoms with Crippen molar-refractivity contribution in [3.05, 3.63) is 56.0 Å². The Morgan fingerprint density at radius 1 is 1.08 bits per heavy atom. The van der Waals surface area contributed by atoms with Crippen LogP contribution in [0.5, 0.6) is 11.5 Å². The molecule has 6 heteroatoms. The number of ether oxygens (including phenoxy) is 2. The molecule has 0 heterocycles. The van der Waals surface area contributed by atoms with E-state index in [2.05, 4.69) is 27.3 Å². The van der Waals surface area contributed by atoms with Crippen LogP contribution in [0.4, 0.5) is 0 Å². The maximum Gasteiger partial charge on any atom is 0.175 e. The molecule has 1 saturated carbocycles. The summed E-state index contributed by atoms with van der Waals surface area (Å²) in [6.45, 7) is 1.21. The Hall–Kier alpha value is -0.940. The Morgan fingerprint density at radius 3 is 2.54 bits per heavy atom. The van der Waals surface area contributed by atoms with Gasteiger partial charge in [0.1, 0.15) is 6.61 Å². The largest absolute Gasteiger partial charge is 0.493 e. The highest BCUT2D eigenvalue weighted by molar-refractivity contribution is 9.10. The minimum Gasteiger partial charge on any atom is -0.493 e. The van der Waals surface area contributed by atoms with E-state index in [1.54, 1.807) is 13.2 Å². The minimum absolute atomic E-state index is 0.380. The van der Waals surface area contributed by atoms with Crippen LogP contribution in [0, 0.1) is 0 Å². The van der Waals surface area contributed by atoms with E-state index in [1.807, 2.05) is 18.2 Å². The topological polar surface area (TPSA) is 30.5 Å². The Bertz CT molecular complexity index is 764. The van der Waals surface area contributed by atoms with E-state index in [4.69, 9.17) is 32.7 Å². The molecule has 0 bridgehead atoms. The molecule has 1 aliphatic carbocycles. The van der Waals surface area contributed by atoms with Crippen molar-refractivity contribution in [1.82, 2.24) is 5.32 Å². The average molecular weight is 459 g/mol. The molecule has 0 radical (unpaired) electrons. The third-order valence-corrected chi connectivity index (χ3v) is 5.93. The lowest BCUT2D eigenvalue weighted by atomic mass is 10.1. The Morgan fingerprint density at radius 2 is 1.85 bits per heavy atom. The molecule has 3 nitrogen and oxygen atoms in total. The summed E-state index contributed by atoms with van der Waals surface area (Å²) in [5.74, 6) is 1.39. The van der Waals surface area contributed by atoms with Crippen LogP contribution in [0.1, 0.15) is 36.8 Å². The number of hydrogen-bond donors (Lipinski definition) is 1. The zero-order valence-corrected chi connectivity index (χ0v) is 17.8. The van der Waals surface area contributed by atoms with Gasteiger partial charge in [0.2, 0.25) is 0 Å². The molecule has 1 N–H and O–H groups in total. The first-order valence-electron chi connectivity index (χ1n) is 8.73. The van der Waals surface area contributed by atoms with Crippen molar-refractivity contribution >= 4 is 39.1 Å². The molecule has 1 aliphatic rings. The van der Waals surface area contributed by atoms with Gasteiger partial charge in [-0.2, -0.15) is 0 Å². The van der Waals surface area contributed by atoms with Crippen molar-refractivity contribution in [3.63, 3.8) is 0 Å². The minimum atomic E-state index is 0.380. The van der Waals surface area contributed by atoms with E-state index in [1.165, 1.54) is 31.2 Å². The molecule has 0 spiro atoms. The Balaban J connectivity index is 1.68. The van der Waals surface area contributed by atoms with E-state index >= 15 is 0 Å². The maximum atomic E-state index is 6.07. The highest BCUT2D eigenvalue weighted by Gasteiger charge is 2.16. The summed E-state index contributed by atoms with van der Waals surface area (Å²) < 4.78 is 12.4. The van der Waals surface area contributed by atoms with E-state index in [-0.39, 0.29) is 0 Å². The Kier molecular flexibility index (Phi) is 7.10. The van der Waals surface area contributed by atoms with Crippen LogP contribution in [0.2, 0.25) is 10.0 Å². The van der Waals surface area contributed by atoms with Crippen LogP contribution in [-0.2, 0) is 13.2 Å². The number of hydrogen-bond acceptors (Lipinski definition) is 3. The molecule has 2 aromatic carbocycles. The fourth-order valence-corrected chi connectivity index (χ4v) is 4.12. The molecule has 140 valence electrons. The molecule has 2 aromatic rings. The second kappa shape index (κ2) is 9.32. The van der Waals surface area contributed by atoms with Gasteiger partial charge < -0.3 is 14.8 Å². The van der Waals surface area contributed by atoms with Gasteiger partial charge in [-0.15, -0.1) is 0 Å². The molecule has 26 heavy (non-hydrogen) atoms. The van der Waals surface area contributed by atoms with Crippen LogP contribution in [0.3, 0.4) is 0 Å². The van der Waals surface area contributed by atoms with Crippen LogP contribution < -0.4 is 14.8 Å². The predicted molar refractivity (Wildman–Crippen MR) is 111 cm³/mol. The quantitative estimate of drug-likeness (QED) is 0.522. The van der Waals surface area contributed by atoms with Gasteiger partial charge in [-0.1, -0.05) is 42.1 Å². The van der Waals surface area contributed by atoms with Crippen LogP contribution in [0.25, 0.3) is 0 Å². The van der Waals surface area contributed by atoms with Gasteiger partial charge in [0.15, 0.2) is 11.5 Å². The van der Waals surface area contributed by atoms with E-state index < -0.39 is 0 Å². The number of nitrogens with one attached hydrogen (secondary N) is 1. The first-order valence-corrected chi connectivity index (χ1v) is 10.3. The van der Waals surface area contributed by atoms with E-state index in [9.17, 15) is 0 Å². The monoisotopic (exact) mass is 457 g/mol. The number of methoxy groups -OCH3 is 1. The van der Waals surface area contributed by atoms with Gasteiger partial charge in [-0.3, -0.25) is 0 Å². The van der Waals surface area contributed by atoms with Gasteiger partial charge in [0.25, 0.3) is 0 Å². The molecular formula is C20H22BrCl2NO2. The summed E-state index contributed by atoms with van der Waals surface area (Å²) in [7, 11) is 1.65. The number of rotatable bonds is 7. The van der Waals surface area contributed by atoms with Crippen molar-refractivity contribution in [2.75, 3.05) is 7.11 Å². The van der Waals surface area contributed by atoms with Gasteiger partial charge in [-0.25, -0.2) is 0 Å². The van der Waals surface area contributed by atoms with Crippen molar-refractivity contribution in [2.45, 2.75) is 44.9 Å². The van der Waals surface area contributed by atoms with E-state index in [0.29, 0.717) is 34.2 Å². The molecule has 1 fully saturated rings. The van der Waals surface area contributed by atoms with Crippen molar-refractivity contribution in [3.8, 4) is 11.5 Å². The summed E-state index contributed by atoms with van der Waals surface area (Å²) in [6.07, 6.45) is 5.19. The fraction of sp³-hybridized carbons (Fsp3) is 0.400. The van der Waals surface area contributed by atoms with Crippen molar-refractivity contribution < 1.29 is 9.47 Å². The van der Waals surface area contributed by atoms with Crippen molar-refractivity contribution in [1.29, 1.82) is 0 Å². The zero-order valence-electron chi connectivity index (χ0n) is 14.7. The second-order valence-corrected chi connectivity index (χ2v) is 8.18. The molecule has 0 aliphatic heterocycles. The molecule has 0 atom stereocenters. The fourth-order valence-electron chi connectivity index (χ4n) is 3.19. The van der Waals surface area contributed by atoms with Gasteiger partial charge >= 0.3 is 0 Å². The molecule has 0 amide bonds. The summed E-state index contributed by atoms with van der Waals surface area (Å²) in [5, 5.41) is 4.68. The summed E-state index contributed by atoms with van der Waals surface area (Å²) >= 11 is 15.6. The summed E-state index contributed by atoms with van der Waals surface area (Å²) in [5.41, 5.74) is 2.11. The maximum absolute atomic E-state index is 6.07. The lowest BCUT2D eigenvalue weighted by Crippen LogP contribution is -2.25. The highest BCUT2D eigenvalue weighted by atomic mass is 79.9. The lowest BCUT2D eigenvalue weighted by Gasteiger charge is -2.16. The average Bonchev–Trinajstić information content (AvgIpc) is 3.15. The summed E-state index contributed by atoms with van der Waals surface area (Å²) in [6, 6.07) is 10.2. The molecule has 3 rings (SSSR count). The van der Waals surface area contributed by atoms with Crippen molar-refractivity contribution in [2.24, 2.45) is 0 Å². The Labute approximate surface area is 173 Å². The van der Waals surface area contributed by atoms with Crippen LogP contribution in [-0.4, -0.2) is 13.2 Å². The SMILES string of the molecule is COc1cc(CNC2CCCC2)cc(Br)c1OCc1ccc(Cl)c(Cl)c1. The first kappa shape index (κ1) is 19.8.